The third kappa shape index (κ3) is 2.50. The van der Waals surface area contributed by atoms with Crippen LogP contribution in [0.25, 0.3) is 5.70 Å². The molecule has 0 amide bonds. The lowest BCUT2D eigenvalue weighted by molar-refractivity contribution is -0.157. The van der Waals surface area contributed by atoms with Gasteiger partial charge >= 0.3 is 5.97 Å². The zero-order chi connectivity index (χ0) is 20.4. The summed E-state index contributed by atoms with van der Waals surface area (Å²) >= 11 is 0. The molecule has 150 valence electrons. The van der Waals surface area contributed by atoms with Gasteiger partial charge in [0, 0.05) is 11.1 Å². The van der Waals surface area contributed by atoms with E-state index in [-0.39, 0.29) is 24.0 Å². The Balaban J connectivity index is 1.70. The van der Waals surface area contributed by atoms with Crippen LogP contribution in [0.15, 0.2) is 51.1 Å². The molecular weight excluding hydrogens is 375 g/mol. The molecule has 4 heterocycles. The molecule has 2 atom stereocenters. The highest BCUT2D eigenvalue weighted by atomic mass is 19.1. The Morgan fingerprint density at radius 2 is 2.17 bits per heavy atom. The van der Waals surface area contributed by atoms with Crippen molar-refractivity contribution in [2.75, 3.05) is 0 Å². The van der Waals surface area contributed by atoms with Gasteiger partial charge in [0.05, 0.1) is 29.5 Å². The number of esters is 1. The fourth-order valence-corrected chi connectivity index (χ4v) is 4.64. The molecule has 0 radical (unpaired) electrons. The van der Waals surface area contributed by atoms with E-state index in [0.29, 0.717) is 28.9 Å². The van der Waals surface area contributed by atoms with E-state index in [4.69, 9.17) is 4.74 Å². The van der Waals surface area contributed by atoms with Gasteiger partial charge in [0.1, 0.15) is 12.4 Å². The minimum absolute atomic E-state index is 0.135. The fourth-order valence-electron chi connectivity index (χ4n) is 4.64. The SMILES string of the molecule is CCCC1=C2C=C(C)C(F)=CC2NC2=C1Cn1c2cc2c(c1=O)COC(=O)[C@H]2O. The van der Waals surface area contributed by atoms with Crippen LogP contribution in [0.1, 0.15) is 49.6 Å². The van der Waals surface area contributed by atoms with E-state index >= 15 is 0 Å². The maximum Gasteiger partial charge on any atom is 0.340 e. The van der Waals surface area contributed by atoms with Crippen molar-refractivity contribution in [3.05, 3.63) is 73.5 Å². The largest absolute Gasteiger partial charge is 0.458 e. The van der Waals surface area contributed by atoms with Gasteiger partial charge in [-0.25, -0.2) is 9.18 Å². The minimum Gasteiger partial charge on any atom is -0.458 e. The normalized spacial score (nSPS) is 24.8. The minimum atomic E-state index is -1.47. The highest BCUT2D eigenvalue weighted by molar-refractivity contribution is 5.81. The summed E-state index contributed by atoms with van der Waals surface area (Å²) in [6.45, 7) is 4.11. The number of aliphatic hydroxyl groups excluding tert-OH is 1. The fraction of sp³-hybridized carbons (Fsp3) is 0.364. The van der Waals surface area contributed by atoms with Crippen molar-refractivity contribution < 1.29 is 19.0 Å². The number of ether oxygens (including phenoxy) is 1. The van der Waals surface area contributed by atoms with Crippen LogP contribution in [0.5, 0.6) is 0 Å². The van der Waals surface area contributed by atoms with Crippen molar-refractivity contribution in [2.45, 2.75) is 52.0 Å². The molecule has 2 N–H and O–H groups in total. The number of rotatable bonds is 2. The molecule has 3 aliphatic heterocycles. The smallest absolute Gasteiger partial charge is 0.340 e. The van der Waals surface area contributed by atoms with Crippen LogP contribution in [0.2, 0.25) is 0 Å². The van der Waals surface area contributed by atoms with Gasteiger partial charge in [-0.1, -0.05) is 19.4 Å². The van der Waals surface area contributed by atoms with E-state index in [9.17, 15) is 19.1 Å². The Morgan fingerprint density at radius 3 is 2.93 bits per heavy atom. The van der Waals surface area contributed by atoms with Crippen LogP contribution in [0.3, 0.4) is 0 Å². The van der Waals surface area contributed by atoms with Crippen molar-refractivity contribution >= 4 is 11.7 Å². The molecule has 0 spiro atoms. The van der Waals surface area contributed by atoms with Crippen molar-refractivity contribution in [3.63, 3.8) is 0 Å². The molecule has 1 aliphatic carbocycles. The molecule has 7 heteroatoms. The molecule has 1 aromatic rings. The standard InChI is InChI=1S/C22H21FN2O4/c1-3-4-11-12-5-10(2)16(23)7-17(12)24-19-14(11)8-25-18(19)6-13-15(21(25)27)9-29-22(28)20(13)26/h5-7,17,20,24,26H,3-4,8-9H2,1-2H3/t17?,20-/m0/s1. The van der Waals surface area contributed by atoms with Crippen LogP contribution in [0.4, 0.5) is 4.39 Å². The van der Waals surface area contributed by atoms with E-state index < -0.39 is 12.1 Å². The second kappa shape index (κ2) is 6.29. The first-order valence-electron chi connectivity index (χ1n) is 9.81. The summed E-state index contributed by atoms with van der Waals surface area (Å²) in [5.74, 6) is -1.01. The second-order valence-electron chi connectivity index (χ2n) is 7.87. The lowest BCUT2D eigenvalue weighted by Gasteiger charge is -2.31. The maximum absolute atomic E-state index is 14.3. The van der Waals surface area contributed by atoms with Crippen LogP contribution in [-0.2, 0) is 22.7 Å². The summed E-state index contributed by atoms with van der Waals surface area (Å²) in [6, 6.07) is 1.38. The number of hydrogen-bond donors (Lipinski definition) is 2. The molecule has 5 rings (SSSR count). The highest BCUT2D eigenvalue weighted by Crippen LogP contribution is 2.42. The number of fused-ring (bicyclic) bond motifs is 4. The first-order valence-corrected chi connectivity index (χ1v) is 9.81. The molecule has 6 nitrogen and oxygen atoms in total. The average molecular weight is 396 g/mol. The summed E-state index contributed by atoms with van der Waals surface area (Å²) in [6.07, 6.45) is 3.72. The molecule has 0 bridgehead atoms. The average Bonchev–Trinajstić information content (AvgIpc) is 3.05. The van der Waals surface area contributed by atoms with Crippen LogP contribution in [0, 0.1) is 0 Å². The Labute approximate surface area is 166 Å². The number of aromatic nitrogens is 1. The number of carbonyl (C=O) groups excluding carboxylic acids is 1. The Kier molecular flexibility index (Phi) is 3.93. The Hall–Kier alpha value is -2.93. The van der Waals surface area contributed by atoms with Crippen molar-refractivity contribution in [2.24, 2.45) is 0 Å². The number of allylic oxidation sites excluding steroid dienone is 4. The maximum atomic E-state index is 14.3. The van der Waals surface area contributed by atoms with E-state index in [2.05, 4.69) is 12.2 Å². The molecule has 0 saturated carbocycles. The van der Waals surface area contributed by atoms with Crippen LogP contribution >= 0.6 is 0 Å². The number of pyridine rings is 1. The number of cyclic esters (lactones) is 1. The number of aliphatic hydroxyl groups is 1. The van der Waals surface area contributed by atoms with Crippen molar-refractivity contribution in [1.82, 2.24) is 9.88 Å². The van der Waals surface area contributed by atoms with E-state index in [0.717, 1.165) is 35.3 Å². The molecule has 4 aliphatic rings. The number of nitrogens with zero attached hydrogens (tertiary/aromatic N) is 1. The number of halogens is 1. The van der Waals surface area contributed by atoms with Gasteiger partial charge in [-0.05, 0) is 42.2 Å². The van der Waals surface area contributed by atoms with Crippen LogP contribution < -0.4 is 10.9 Å². The summed E-state index contributed by atoms with van der Waals surface area (Å²) in [4.78, 5) is 24.9. The topological polar surface area (TPSA) is 80.6 Å². The second-order valence-corrected chi connectivity index (χ2v) is 7.87. The van der Waals surface area contributed by atoms with Gasteiger partial charge in [-0.2, -0.15) is 0 Å². The zero-order valence-electron chi connectivity index (χ0n) is 16.2. The monoisotopic (exact) mass is 396 g/mol. The van der Waals surface area contributed by atoms with Gasteiger partial charge < -0.3 is 19.7 Å². The summed E-state index contributed by atoms with van der Waals surface area (Å²) in [7, 11) is 0. The predicted octanol–water partition coefficient (Wildman–Crippen LogP) is 2.55. The molecule has 0 saturated heterocycles. The molecule has 29 heavy (non-hydrogen) atoms. The first-order chi connectivity index (χ1) is 13.9. The number of carbonyl (C=O) groups is 1. The van der Waals surface area contributed by atoms with E-state index in [1.807, 2.05) is 6.08 Å². The van der Waals surface area contributed by atoms with Gasteiger partial charge in [-0.3, -0.25) is 4.79 Å². The molecule has 1 aromatic heterocycles. The van der Waals surface area contributed by atoms with E-state index in [1.165, 1.54) is 0 Å². The Morgan fingerprint density at radius 1 is 1.38 bits per heavy atom. The van der Waals surface area contributed by atoms with Crippen LogP contribution in [-0.4, -0.2) is 21.7 Å². The van der Waals surface area contributed by atoms with Gasteiger partial charge in [0.25, 0.3) is 5.56 Å². The number of nitrogens with one attached hydrogen (secondary N) is 1. The lowest BCUT2D eigenvalue weighted by atomic mass is 9.84. The lowest BCUT2D eigenvalue weighted by Crippen LogP contribution is -2.35. The summed E-state index contributed by atoms with van der Waals surface area (Å²) < 4.78 is 20.8. The number of hydrogen-bond acceptors (Lipinski definition) is 5. The summed E-state index contributed by atoms with van der Waals surface area (Å²) in [5, 5.41) is 13.6. The first kappa shape index (κ1) is 18.1. The van der Waals surface area contributed by atoms with Crippen molar-refractivity contribution in [1.29, 1.82) is 0 Å². The Bertz CT molecular complexity index is 1150. The molecule has 0 aromatic carbocycles. The predicted molar refractivity (Wildman–Crippen MR) is 104 cm³/mol. The van der Waals surface area contributed by atoms with E-state index in [1.54, 1.807) is 23.6 Å². The molecular formula is C22H21FN2O4. The van der Waals surface area contributed by atoms with Gasteiger partial charge in [0.15, 0.2) is 6.10 Å². The summed E-state index contributed by atoms with van der Waals surface area (Å²) in [5.41, 5.74) is 5.49. The highest BCUT2D eigenvalue weighted by Gasteiger charge is 2.38. The zero-order valence-corrected chi connectivity index (χ0v) is 16.2. The number of dihydropyridines is 1. The third-order valence-electron chi connectivity index (χ3n) is 6.09. The van der Waals surface area contributed by atoms with Crippen molar-refractivity contribution in [3.8, 4) is 0 Å². The molecule has 0 fully saturated rings. The van der Waals surface area contributed by atoms with Gasteiger partial charge in [0.2, 0.25) is 0 Å². The third-order valence-corrected chi connectivity index (χ3v) is 6.09. The molecule has 1 unspecified atom stereocenters. The van der Waals surface area contributed by atoms with Gasteiger partial charge in [-0.15, -0.1) is 0 Å². The quantitative estimate of drug-likeness (QED) is 0.751.